The molecule has 0 saturated heterocycles. The van der Waals surface area contributed by atoms with Crippen molar-refractivity contribution in [1.82, 2.24) is 25.0 Å². The molecule has 0 bridgehead atoms. The maximum Gasteiger partial charge on any atom is 0.266 e. The number of H-pyrrole nitrogens is 1. The van der Waals surface area contributed by atoms with Gasteiger partial charge in [-0.05, 0) is 25.1 Å². The maximum absolute atomic E-state index is 13.6. The van der Waals surface area contributed by atoms with Crippen molar-refractivity contribution >= 4 is 0 Å². The standard InChI is InChI=1S/C14H12F3N5/c1-8-18-13(20-19-8)7-22-5-4-12(21-22)9-2-3-10(14(16)17)11(15)6-9/h2-6,14H,7H2,1H3,(H,18,19,20). The Morgan fingerprint density at radius 2 is 2.09 bits per heavy atom. The minimum atomic E-state index is -2.83. The molecular formula is C14H12F3N5. The molecule has 22 heavy (non-hydrogen) atoms. The van der Waals surface area contributed by atoms with Crippen molar-refractivity contribution in [3.05, 3.63) is 53.5 Å². The second kappa shape index (κ2) is 5.63. The molecule has 5 nitrogen and oxygen atoms in total. The van der Waals surface area contributed by atoms with Gasteiger partial charge in [-0.15, -0.1) is 0 Å². The lowest BCUT2D eigenvalue weighted by Gasteiger charge is -2.03. The molecule has 0 atom stereocenters. The minimum Gasteiger partial charge on any atom is -0.264 e. The third-order valence-electron chi connectivity index (χ3n) is 3.12. The molecule has 0 aliphatic rings. The number of nitrogens with zero attached hydrogens (tertiary/aromatic N) is 4. The first-order valence-electron chi connectivity index (χ1n) is 6.52. The zero-order valence-corrected chi connectivity index (χ0v) is 11.6. The fourth-order valence-corrected chi connectivity index (χ4v) is 2.07. The molecule has 0 saturated carbocycles. The van der Waals surface area contributed by atoms with E-state index in [1.165, 1.54) is 6.07 Å². The average molecular weight is 307 g/mol. The van der Waals surface area contributed by atoms with E-state index in [0.29, 0.717) is 29.5 Å². The van der Waals surface area contributed by atoms with Gasteiger partial charge >= 0.3 is 0 Å². The van der Waals surface area contributed by atoms with Crippen LogP contribution in [0.2, 0.25) is 0 Å². The summed E-state index contributed by atoms with van der Waals surface area (Å²) in [6.45, 7) is 2.15. The van der Waals surface area contributed by atoms with E-state index < -0.39 is 17.8 Å². The number of benzene rings is 1. The number of halogens is 3. The van der Waals surface area contributed by atoms with Crippen LogP contribution in [0.15, 0.2) is 30.5 Å². The monoisotopic (exact) mass is 307 g/mol. The second-order valence-corrected chi connectivity index (χ2v) is 4.77. The molecular weight excluding hydrogens is 295 g/mol. The average Bonchev–Trinajstić information content (AvgIpc) is 3.08. The zero-order chi connectivity index (χ0) is 15.7. The molecule has 0 radical (unpaired) electrons. The SMILES string of the molecule is Cc1nc(Cn2ccc(-c3ccc(C(F)F)c(F)c3)n2)n[nH]1. The van der Waals surface area contributed by atoms with Gasteiger partial charge in [0.15, 0.2) is 5.82 Å². The number of nitrogens with one attached hydrogen (secondary N) is 1. The summed E-state index contributed by atoms with van der Waals surface area (Å²) < 4.78 is 40.3. The Hall–Kier alpha value is -2.64. The van der Waals surface area contributed by atoms with Crippen molar-refractivity contribution in [3.8, 4) is 11.3 Å². The Morgan fingerprint density at radius 3 is 2.73 bits per heavy atom. The van der Waals surface area contributed by atoms with E-state index in [-0.39, 0.29) is 0 Å². The number of alkyl halides is 2. The van der Waals surface area contributed by atoms with Gasteiger partial charge in [-0.2, -0.15) is 10.2 Å². The van der Waals surface area contributed by atoms with Gasteiger partial charge in [0.05, 0.1) is 11.3 Å². The van der Waals surface area contributed by atoms with Crippen LogP contribution in [-0.2, 0) is 6.54 Å². The fraction of sp³-hybridized carbons (Fsp3) is 0.214. The number of aromatic amines is 1. The van der Waals surface area contributed by atoms with Crippen molar-refractivity contribution in [2.24, 2.45) is 0 Å². The molecule has 1 aromatic carbocycles. The van der Waals surface area contributed by atoms with E-state index in [1.807, 2.05) is 0 Å². The summed E-state index contributed by atoms with van der Waals surface area (Å²) in [5.74, 6) is 0.338. The van der Waals surface area contributed by atoms with Gasteiger partial charge in [-0.25, -0.2) is 18.2 Å². The molecule has 0 spiro atoms. The fourth-order valence-electron chi connectivity index (χ4n) is 2.07. The molecule has 0 aliphatic carbocycles. The number of aromatic nitrogens is 5. The van der Waals surface area contributed by atoms with Crippen LogP contribution >= 0.6 is 0 Å². The molecule has 114 valence electrons. The highest BCUT2D eigenvalue weighted by Gasteiger charge is 2.14. The van der Waals surface area contributed by atoms with Crippen molar-refractivity contribution in [2.75, 3.05) is 0 Å². The van der Waals surface area contributed by atoms with Gasteiger partial charge < -0.3 is 0 Å². The zero-order valence-electron chi connectivity index (χ0n) is 11.6. The largest absolute Gasteiger partial charge is 0.266 e. The third-order valence-corrected chi connectivity index (χ3v) is 3.12. The topological polar surface area (TPSA) is 59.4 Å². The van der Waals surface area contributed by atoms with Crippen LogP contribution in [0, 0.1) is 12.7 Å². The van der Waals surface area contributed by atoms with Crippen LogP contribution < -0.4 is 0 Å². The van der Waals surface area contributed by atoms with Gasteiger partial charge in [0.1, 0.15) is 18.2 Å². The normalized spacial score (nSPS) is 11.3. The Bertz CT molecular complexity index is 793. The minimum absolute atomic E-state index is 0.363. The van der Waals surface area contributed by atoms with E-state index in [1.54, 1.807) is 23.9 Å². The van der Waals surface area contributed by atoms with E-state index in [4.69, 9.17) is 0 Å². The van der Waals surface area contributed by atoms with E-state index >= 15 is 0 Å². The van der Waals surface area contributed by atoms with Crippen LogP contribution in [0.5, 0.6) is 0 Å². The summed E-state index contributed by atoms with van der Waals surface area (Å²) in [5.41, 5.74) is 0.318. The molecule has 0 unspecified atom stereocenters. The molecule has 0 amide bonds. The summed E-state index contributed by atoms with van der Waals surface area (Å²) in [7, 11) is 0. The van der Waals surface area contributed by atoms with E-state index in [9.17, 15) is 13.2 Å². The first-order valence-corrected chi connectivity index (χ1v) is 6.52. The van der Waals surface area contributed by atoms with Crippen LogP contribution in [0.25, 0.3) is 11.3 Å². The molecule has 2 aromatic heterocycles. The first kappa shape index (κ1) is 14.3. The first-order chi connectivity index (χ1) is 10.5. The van der Waals surface area contributed by atoms with Crippen molar-refractivity contribution < 1.29 is 13.2 Å². The number of hydrogen-bond acceptors (Lipinski definition) is 3. The molecule has 0 aliphatic heterocycles. The van der Waals surface area contributed by atoms with Gasteiger partial charge in [0.25, 0.3) is 6.43 Å². The molecule has 8 heteroatoms. The summed E-state index contributed by atoms with van der Waals surface area (Å²) in [5, 5.41) is 11.0. The maximum atomic E-state index is 13.6. The quantitative estimate of drug-likeness (QED) is 0.805. The number of rotatable bonds is 4. The summed E-state index contributed by atoms with van der Waals surface area (Å²) in [6.07, 6.45) is -1.14. The molecule has 0 fully saturated rings. The van der Waals surface area contributed by atoms with Crippen LogP contribution in [0.3, 0.4) is 0 Å². The number of hydrogen-bond donors (Lipinski definition) is 1. The van der Waals surface area contributed by atoms with Crippen molar-refractivity contribution in [1.29, 1.82) is 0 Å². The smallest absolute Gasteiger partial charge is 0.264 e. The van der Waals surface area contributed by atoms with Crippen molar-refractivity contribution in [3.63, 3.8) is 0 Å². The Morgan fingerprint density at radius 1 is 1.27 bits per heavy atom. The summed E-state index contributed by atoms with van der Waals surface area (Å²) >= 11 is 0. The van der Waals surface area contributed by atoms with Crippen LogP contribution in [0.1, 0.15) is 23.6 Å². The van der Waals surface area contributed by atoms with Crippen LogP contribution in [0.4, 0.5) is 13.2 Å². The summed E-state index contributed by atoms with van der Waals surface area (Å²) in [4.78, 5) is 4.16. The predicted molar refractivity (Wildman–Crippen MR) is 72.8 cm³/mol. The Kier molecular flexibility index (Phi) is 3.66. The second-order valence-electron chi connectivity index (χ2n) is 4.77. The van der Waals surface area contributed by atoms with Gasteiger partial charge in [0, 0.05) is 11.8 Å². The van der Waals surface area contributed by atoms with E-state index in [2.05, 4.69) is 20.3 Å². The highest BCUT2D eigenvalue weighted by Crippen LogP contribution is 2.26. The van der Waals surface area contributed by atoms with E-state index in [0.717, 1.165) is 12.1 Å². The van der Waals surface area contributed by atoms with Gasteiger partial charge in [0.2, 0.25) is 0 Å². The van der Waals surface area contributed by atoms with Crippen LogP contribution in [-0.4, -0.2) is 25.0 Å². The Balaban J connectivity index is 1.83. The Labute approximate surface area is 123 Å². The number of aryl methyl sites for hydroxylation is 1. The molecule has 3 rings (SSSR count). The lowest BCUT2D eigenvalue weighted by Crippen LogP contribution is -2.02. The molecule has 1 N–H and O–H groups in total. The highest BCUT2D eigenvalue weighted by molar-refractivity contribution is 5.59. The predicted octanol–water partition coefficient (Wildman–Crippen LogP) is 3.10. The lowest BCUT2D eigenvalue weighted by atomic mass is 10.1. The van der Waals surface area contributed by atoms with Gasteiger partial charge in [-0.1, -0.05) is 6.07 Å². The third kappa shape index (κ3) is 2.85. The molecule has 2 heterocycles. The molecule has 3 aromatic rings. The van der Waals surface area contributed by atoms with Crippen molar-refractivity contribution in [2.45, 2.75) is 19.9 Å². The summed E-state index contributed by atoms with van der Waals surface area (Å²) in [6, 6.07) is 5.24. The highest BCUT2D eigenvalue weighted by atomic mass is 19.3. The lowest BCUT2D eigenvalue weighted by molar-refractivity contribution is 0.146. The van der Waals surface area contributed by atoms with Gasteiger partial charge in [-0.3, -0.25) is 9.78 Å².